The number of β-amino-alcohol motifs (C(OH)–C–C–N with tert-alkyl or cyclic N) is 1. The molecule has 0 spiro atoms. The van der Waals surface area contributed by atoms with Crippen LogP contribution in [0.2, 0.25) is 5.02 Å². The molecule has 18 heteroatoms. The average molecular weight is 1030 g/mol. The molecular weight excluding hydrogens is 966 g/mol. The number of aromatic nitrogens is 4. The van der Waals surface area contributed by atoms with Gasteiger partial charge in [-0.3, -0.25) is 33.7 Å². The van der Waals surface area contributed by atoms with E-state index in [9.17, 15) is 19.5 Å². The molecule has 2 aromatic carbocycles. The fourth-order valence-corrected chi connectivity index (χ4v) is 12.9. The summed E-state index contributed by atoms with van der Waals surface area (Å²) < 4.78 is 2.08. The summed E-state index contributed by atoms with van der Waals surface area (Å²) in [4.78, 5) is 62.8. The van der Waals surface area contributed by atoms with Crippen molar-refractivity contribution in [3.63, 3.8) is 0 Å². The van der Waals surface area contributed by atoms with Crippen LogP contribution >= 0.6 is 34.3 Å². The highest BCUT2D eigenvalue weighted by molar-refractivity contribution is 7.15. The molecule has 0 unspecified atom stereocenters. The third-order valence-electron chi connectivity index (χ3n) is 15.0. The molecule has 3 fully saturated rings. The molecule has 5 aromatic rings. The lowest BCUT2D eigenvalue weighted by Crippen LogP contribution is -2.58. The van der Waals surface area contributed by atoms with Gasteiger partial charge in [0, 0.05) is 91.0 Å². The van der Waals surface area contributed by atoms with E-state index in [0.717, 1.165) is 93.9 Å². The summed E-state index contributed by atoms with van der Waals surface area (Å²) in [7, 11) is 0. The predicted octanol–water partition coefficient (Wildman–Crippen LogP) is 7.59. The number of carbonyl (C=O) groups excluding carboxylic acids is 3. The Kier molecular flexibility index (Phi) is 15.2. The van der Waals surface area contributed by atoms with E-state index in [1.165, 1.54) is 4.88 Å². The Morgan fingerprint density at radius 1 is 0.917 bits per heavy atom. The molecular formula is C54H68ClN11O4S2. The number of fused-ring (bicyclic) bond motifs is 3. The first-order valence-corrected chi connectivity index (χ1v) is 27.3. The van der Waals surface area contributed by atoms with Crippen LogP contribution < -0.4 is 10.6 Å². The van der Waals surface area contributed by atoms with Gasteiger partial charge in [0.2, 0.25) is 17.7 Å². The zero-order chi connectivity index (χ0) is 51.2. The Morgan fingerprint density at radius 2 is 1.60 bits per heavy atom. The van der Waals surface area contributed by atoms with Crippen molar-refractivity contribution in [2.24, 2.45) is 10.4 Å². The minimum Gasteiger partial charge on any atom is -0.391 e. The summed E-state index contributed by atoms with van der Waals surface area (Å²) in [5.41, 5.74) is 9.10. The van der Waals surface area contributed by atoms with Crippen molar-refractivity contribution in [1.29, 1.82) is 0 Å². The molecule has 0 radical (unpaired) electrons. The number of likely N-dealkylation sites (tertiary alicyclic amines) is 2. The number of hydrogen-bond donors (Lipinski definition) is 3. The van der Waals surface area contributed by atoms with Crippen LogP contribution in [0.3, 0.4) is 0 Å². The minimum absolute atomic E-state index is 0.0463. The number of carbonyl (C=O) groups is 3. The average Bonchev–Trinajstić information content (AvgIpc) is 4.13. The van der Waals surface area contributed by atoms with Crippen LogP contribution in [0, 0.1) is 33.1 Å². The van der Waals surface area contributed by atoms with Gasteiger partial charge in [-0.2, -0.15) is 0 Å². The molecule has 3 saturated heterocycles. The summed E-state index contributed by atoms with van der Waals surface area (Å²) in [5.74, 6) is 1.06. The van der Waals surface area contributed by atoms with Gasteiger partial charge in [0.15, 0.2) is 5.82 Å². The lowest BCUT2D eigenvalue weighted by atomic mass is 9.85. The zero-order valence-corrected chi connectivity index (χ0v) is 45.1. The number of halogens is 1. The Morgan fingerprint density at radius 3 is 2.25 bits per heavy atom. The van der Waals surface area contributed by atoms with Crippen LogP contribution in [0.4, 0.5) is 0 Å². The number of aliphatic hydroxyl groups is 1. The number of piperidine rings is 1. The van der Waals surface area contributed by atoms with Crippen LogP contribution in [-0.4, -0.2) is 144 Å². The van der Waals surface area contributed by atoms with E-state index in [1.54, 1.807) is 27.6 Å². The van der Waals surface area contributed by atoms with E-state index in [1.807, 2.05) is 69.3 Å². The number of aliphatic hydroxyl groups excluding tert-OH is 1. The van der Waals surface area contributed by atoms with E-state index in [4.69, 9.17) is 16.6 Å². The molecule has 7 heterocycles. The van der Waals surface area contributed by atoms with Gasteiger partial charge >= 0.3 is 0 Å². The summed E-state index contributed by atoms with van der Waals surface area (Å²) in [6, 6.07) is 14.6. The molecule has 4 aliphatic rings. The molecule has 0 saturated carbocycles. The third kappa shape index (κ3) is 10.8. The van der Waals surface area contributed by atoms with Crippen molar-refractivity contribution in [2.45, 2.75) is 117 Å². The minimum atomic E-state index is -0.799. The summed E-state index contributed by atoms with van der Waals surface area (Å²) in [6.45, 7) is 25.2. The van der Waals surface area contributed by atoms with Crippen LogP contribution in [-0.2, 0) is 14.4 Å². The number of thiophene rings is 1. The number of nitrogens with zero attached hydrogens (tertiary/aromatic N) is 9. The SMILES string of the molecule is C=C(N[C@@H](C)c1ccc(-c2scnc2C)cc1)[C@@H]1C[C@@H](O)CN1C(=O)[C@@H](NC(=O)CN1CCC(N2CCN(C(=O)C[C@@H]3N=C(c4ccc(Cl)cc4)c4c(sc(C)c4C)-n4c(C)nnc43)CC2)CC1)C(C)(C)C. The topological polar surface area (TPSA) is 164 Å². The molecule has 15 nitrogen and oxygen atoms in total. The highest BCUT2D eigenvalue weighted by Crippen LogP contribution is 2.40. The Hall–Kier alpha value is -5.30. The molecule has 3 N–H and O–H groups in total. The Labute approximate surface area is 436 Å². The number of aliphatic imine (C=N–C) groups is 1. The van der Waals surface area contributed by atoms with Crippen molar-refractivity contribution in [1.82, 2.24) is 50.0 Å². The van der Waals surface area contributed by atoms with E-state index in [0.29, 0.717) is 42.1 Å². The van der Waals surface area contributed by atoms with Gasteiger partial charge in [0.25, 0.3) is 0 Å². The quantitative estimate of drug-likeness (QED) is 0.107. The normalized spacial score (nSPS) is 20.9. The first-order valence-electron chi connectivity index (χ1n) is 25.2. The van der Waals surface area contributed by atoms with Gasteiger partial charge in [-0.15, -0.1) is 32.9 Å². The van der Waals surface area contributed by atoms with Gasteiger partial charge < -0.3 is 25.5 Å². The second-order valence-corrected chi connectivity index (χ2v) is 23.6. The lowest BCUT2D eigenvalue weighted by Gasteiger charge is -2.43. The number of thiazole rings is 1. The van der Waals surface area contributed by atoms with Crippen molar-refractivity contribution in [3.8, 4) is 15.4 Å². The molecule has 382 valence electrons. The van der Waals surface area contributed by atoms with Crippen molar-refractivity contribution in [3.05, 3.63) is 116 Å². The summed E-state index contributed by atoms with van der Waals surface area (Å²) in [5, 5.41) is 28.3. The number of nitrogens with one attached hydrogen (secondary N) is 2. The van der Waals surface area contributed by atoms with Gasteiger partial charge in [-0.1, -0.05) is 75.3 Å². The molecule has 9 rings (SSSR count). The van der Waals surface area contributed by atoms with Crippen molar-refractivity contribution >= 4 is 57.7 Å². The number of aryl methyl sites for hydroxylation is 3. The second kappa shape index (κ2) is 21.3. The maximum absolute atomic E-state index is 14.5. The number of piperazine rings is 1. The summed E-state index contributed by atoms with van der Waals surface area (Å²) in [6.07, 6.45) is 1.65. The molecule has 0 bridgehead atoms. The number of amides is 3. The highest BCUT2D eigenvalue weighted by atomic mass is 35.5. The van der Waals surface area contributed by atoms with Gasteiger partial charge in [0.1, 0.15) is 22.9 Å². The standard InChI is InChI=1S/C54H68ClN11O4S2/c1-31-35(5)72-53-47(31)48(38-14-16-40(55)17-15-38)58-43(51-61-60-36(6)66(51)53)27-46(69)64-24-22-63(23-25-64)41-18-20-62(21-19-41)29-45(68)59-50(54(7,8)9)52(70)65-28-42(67)26-44(65)33(3)57-32(2)37-10-12-39(13-11-37)49-34(4)56-30-71-49/h10-17,30,32,41-44,50,57,67H,3,18-29H2,1-2,4-9H3,(H,59,68)/t32-,42+,43-,44-,50+/m0/s1. The predicted molar refractivity (Wildman–Crippen MR) is 286 cm³/mol. The smallest absolute Gasteiger partial charge is 0.246 e. The number of benzene rings is 2. The Balaban J connectivity index is 0.766. The van der Waals surface area contributed by atoms with Crippen LogP contribution in [0.25, 0.3) is 15.4 Å². The van der Waals surface area contributed by atoms with E-state index in [-0.39, 0.29) is 43.3 Å². The molecule has 3 aromatic heterocycles. The van der Waals surface area contributed by atoms with Crippen molar-refractivity contribution < 1.29 is 19.5 Å². The molecule has 3 amide bonds. The highest BCUT2D eigenvalue weighted by Gasteiger charge is 2.44. The van der Waals surface area contributed by atoms with Gasteiger partial charge in [0.05, 0.1) is 46.9 Å². The van der Waals surface area contributed by atoms with E-state index >= 15 is 0 Å². The van der Waals surface area contributed by atoms with E-state index < -0.39 is 29.6 Å². The lowest BCUT2D eigenvalue weighted by molar-refractivity contribution is -0.140. The fourth-order valence-electron chi connectivity index (χ4n) is 10.8. The van der Waals surface area contributed by atoms with Gasteiger partial charge in [-0.25, -0.2) is 4.98 Å². The van der Waals surface area contributed by atoms with E-state index in [2.05, 4.69) is 91.8 Å². The zero-order valence-electron chi connectivity index (χ0n) is 42.7. The first-order chi connectivity index (χ1) is 34.3. The number of hydrogen-bond acceptors (Lipinski definition) is 13. The summed E-state index contributed by atoms with van der Waals surface area (Å²) >= 11 is 9.63. The second-order valence-electron chi connectivity index (χ2n) is 21.1. The largest absolute Gasteiger partial charge is 0.391 e. The van der Waals surface area contributed by atoms with Crippen molar-refractivity contribution in [2.75, 3.05) is 52.4 Å². The molecule has 4 aliphatic heterocycles. The molecule has 5 atom stereocenters. The van der Waals surface area contributed by atoms with Crippen LogP contribution in [0.1, 0.15) is 110 Å². The van der Waals surface area contributed by atoms with Gasteiger partial charge in [-0.05, 0) is 81.7 Å². The fraction of sp³-hybridized carbons (Fsp3) is 0.500. The maximum atomic E-state index is 14.5. The van der Waals surface area contributed by atoms with Crippen LogP contribution in [0.5, 0.6) is 0 Å². The third-order valence-corrected chi connectivity index (χ3v) is 17.5. The Bertz CT molecular complexity index is 2830. The first kappa shape index (κ1) is 51.6. The molecule has 72 heavy (non-hydrogen) atoms. The molecule has 0 aliphatic carbocycles. The number of rotatable bonds is 13. The van der Waals surface area contributed by atoms with Crippen LogP contribution in [0.15, 0.2) is 71.3 Å². The monoisotopic (exact) mass is 1030 g/mol. The maximum Gasteiger partial charge on any atom is 0.246 e.